The minimum atomic E-state index is 0.704. The maximum Gasteiger partial charge on any atom is 0.160 e. The highest BCUT2D eigenvalue weighted by Crippen LogP contribution is 2.41. The van der Waals surface area contributed by atoms with Gasteiger partial charge in [0.15, 0.2) is 5.82 Å². The monoisotopic (exact) mass is 715 g/mol. The van der Waals surface area contributed by atoms with E-state index in [2.05, 4.69) is 161 Å². The fourth-order valence-corrected chi connectivity index (χ4v) is 8.25. The molecule has 11 rings (SSSR count). The smallest absolute Gasteiger partial charge is 0.160 e. The molecule has 262 valence electrons. The molecule has 0 radical (unpaired) electrons. The molecule has 0 aliphatic heterocycles. The first kappa shape index (κ1) is 31.9. The summed E-state index contributed by atoms with van der Waals surface area (Å²) < 4.78 is 4.69. The van der Waals surface area contributed by atoms with Gasteiger partial charge in [0.2, 0.25) is 0 Å². The third-order valence-corrected chi connectivity index (χ3v) is 10.8. The van der Waals surface area contributed by atoms with E-state index in [0.717, 1.165) is 67.0 Å². The Bertz CT molecular complexity index is 3160. The molecule has 4 heterocycles. The van der Waals surface area contributed by atoms with Gasteiger partial charge >= 0.3 is 0 Å². The van der Waals surface area contributed by atoms with Gasteiger partial charge in [0.05, 0.1) is 39.0 Å². The van der Waals surface area contributed by atoms with Crippen LogP contribution in [-0.2, 0) is 0 Å². The Morgan fingerprint density at radius 1 is 0.357 bits per heavy atom. The van der Waals surface area contributed by atoms with Crippen LogP contribution in [0.15, 0.2) is 200 Å². The summed E-state index contributed by atoms with van der Waals surface area (Å²) in [5, 5.41) is 3.59. The Hall–Kier alpha value is -7.63. The number of benzene rings is 7. The van der Waals surface area contributed by atoms with E-state index < -0.39 is 0 Å². The molecule has 0 unspecified atom stereocenters. The summed E-state index contributed by atoms with van der Waals surface area (Å²) in [5.74, 6) is 0.704. The first-order chi connectivity index (χ1) is 27.8. The molecule has 7 aromatic carbocycles. The lowest BCUT2D eigenvalue weighted by atomic mass is 9.98. The fraction of sp³-hybridized carbons (Fsp3) is 0. The van der Waals surface area contributed by atoms with Crippen LogP contribution in [-0.4, -0.2) is 24.1 Å². The molecule has 0 spiro atoms. The zero-order valence-electron chi connectivity index (χ0n) is 30.3. The fourth-order valence-electron chi connectivity index (χ4n) is 8.25. The van der Waals surface area contributed by atoms with Crippen molar-refractivity contribution in [3.05, 3.63) is 200 Å². The zero-order chi connectivity index (χ0) is 37.0. The summed E-state index contributed by atoms with van der Waals surface area (Å²) in [6.07, 6.45) is 1.89. The second-order valence-corrected chi connectivity index (χ2v) is 14.1. The topological polar surface area (TPSA) is 48.5 Å². The molecule has 0 atom stereocenters. The lowest BCUT2D eigenvalue weighted by molar-refractivity contribution is 1.17. The molecule has 5 nitrogen and oxygen atoms in total. The Kier molecular flexibility index (Phi) is 7.42. The van der Waals surface area contributed by atoms with Crippen molar-refractivity contribution in [3.63, 3.8) is 0 Å². The molecule has 0 fully saturated rings. The molecular weight excluding hydrogens is 683 g/mol. The third kappa shape index (κ3) is 5.21. The Morgan fingerprint density at radius 2 is 0.929 bits per heavy atom. The summed E-state index contributed by atoms with van der Waals surface area (Å²) in [6.45, 7) is 0. The van der Waals surface area contributed by atoms with Crippen LogP contribution in [0.5, 0.6) is 0 Å². The number of para-hydroxylation sites is 2. The van der Waals surface area contributed by atoms with Gasteiger partial charge in [-0.1, -0.05) is 127 Å². The Labute approximate surface area is 323 Å². The average Bonchev–Trinajstić information content (AvgIpc) is 3.80. The van der Waals surface area contributed by atoms with Crippen LogP contribution in [0.1, 0.15) is 0 Å². The lowest BCUT2D eigenvalue weighted by Gasteiger charge is -2.12. The SMILES string of the molecule is c1ccc(-c2cc(-c3ccc(-n4c5ccc(-c6cccc7c6c6ccccc6n7-c6ccccc6)cc5c5ncccc54)cc3)nc(-c3ccccc3)n2)cc1. The van der Waals surface area contributed by atoms with E-state index in [1.54, 1.807) is 0 Å². The standard InChI is InChI=1S/C51H33N5/c1-4-14-34(15-5-1)43-33-44(54-51(53-43)36-16-6-2-7-17-36)35-25-28-39(29-26-35)56-46-30-27-37(32-42(46)50-48(56)24-13-31-52-50)40-21-12-23-47-49(40)41-20-10-11-22-45(41)55(47)38-18-8-3-9-19-38/h1-33H. The molecule has 5 heteroatoms. The van der Waals surface area contributed by atoms with E-state index >= 15 is 0 Å². The summed E-state index contributed by atoms with van der Waals surface area (Å²) in [5.41, 5.74) is 14.9. The molecule has 0 aliphatic rings. The predicted octanol–water partition coefficient (Wildman–Crippen LogP) is 12.7. The molecule has 0 saturated heterocycles. The second kappa shape index (κ2) is 13.0. The van der Waals surface area contributed by atoms with Crippen LogP contribution < -0.4 is 0 Å². The largest absolute Gasteiger partial charge is 0.309 e. The highest BCUT2D eigenvalue weighted by molar-refractivity contribution is 6.17. The van der Waals surface area contributed by atoms with Gasteiger partial charge in [0.1, 0.15) is 0 Å². The Morgan fingerprint density at radius 3 is 1.70 bits per heavy atom. The van der Waals surface area contributed by atoms with E-state index in [9.17, 15) is 0 Å². The summed E-state index contributed by atoms with van der Waals surface area (Å²) >= 11 is 0. The first-order valence-corrected chi connectivity index (χ1v) is 18.9. The third-order valence-electron chi connectivity index (χ3n) is 10.8. The minimum Gasteiger partial charge on any atom is -0.309 e. The number of aromatic nitrogens is 5. The van der Waals surface area contributed by atoms with E-state index in [4.69, 9.17) is 15.0 Å². The van der Waals surface area contributed by atoms with Crippen LogP contribution in [0.2, 0.25) is 0 Å². The summed E-state index contributed by atoms with van der Waals surface area (Å²) in [4.78, 5) is 15.0. The molecular formula is C51H33N5. The zero-order valence-corrected chi connectivity index (χ0v) is 30.3. The van der Waals surface area contributed by atoms with Crippen molar-refractivity contribution in [1.82, 2.24) is 24.1 Å². The van der Waals surface area contributed by atoms with Crippen LogP contribution in [0.4, 0.5) is 0 Å². The Balaban J connectivity index is 1.04. The van der Waals surface area contributed by atoms with Gasteiger partial charge in [0.25, 0.3) is 0 Å². The summed E-state index contributed by atoms with van der Waals surface area (Å²) in [7, 11) is 0. The van der Waals surface area contributed by atoms with E-state index in [1.165, 1.54) is 27.4 Å². The molecule has 0 N–H and O–H groups in total. The van der Waals surface area contributed by atoms with Crippen molar-refractivity contribution in [2.24, 2.45) is 0 Å². The van der Waals surface area contributed by atoms with Gasteiger partial charge < -0.3 is 9.13 Å². The van der Waals surface area contributed by atoms with E-state index in [0.29, 0.717) is 5.82 Å². The van der Waals surface area contributed by atoms with Crippen LogP contribution in [0, 0.1) is 0 Å². The number of pyridine rings is 1. The normalized spacial score (nSPS) is 11.6. The minimum absolute atomic E-state index is 0.704. The first-order valence-electron chi connectivity index (χ1n) is 18.9. The number of fused-ring (bicyclic) bond motifs is 6. The molecule has 11 aromatic rings. The van der Waals surface area contributed by atoms with E-state index in [1.807, 2.05) is 48.7 Å². The van der Waals surface area contributed by atoms with Gasteiger partial charge in [-0.25, -0.2) is 9.97 Å². The van der Waals surface area contributed by atoms with Gasteiger partial charge in [-0.2, -0.15) is 0 Å². The van der Waals surface area contributed by atoms with Gasteiger partial charge in [0, 0.05) is 50.4 Å². The van der Waals surface area contributed by atoms with Gasteiger partial charge in [-0.05, 0) is 77.9 Å². The molecule has 0 aliphatic carbocycles. The van der Waals surface area contributed by atoms with Crippen molar-refractivity contribution >= 4 is 43.7 Å². The van der Waals surface area contributed by atoms with Crippen LogP contribution >= 0.6 is 0 Å². The number of hydrogen-bond acceptors (Lipinski definition) is 3. The maximum atomic E-state index is 5.06. The molecule has 0 amide bonds. The average molecular weight is 716 g/mol. The van der Waals surface area contributed by atoms with E-state index in [-0.39, 0.29) is 0 Å². The number of rotatable bonds is 6. The second-order valence-electron chi connectivity index (χ2n) is 14.1. The highest BCUT2D eigenvalue weighted by Gasteiger charge is 2.19. The van der Waals surface area contributed by atoms with Crippen molar-refractivity contribution in [2.45, 2.75) is 0 Å². The number of hydrogen-bond donors (Lipinski definition) is 0. The van der Waals surface area contributed by atoms with Crippen molar-refractivity contribution in [2.75, 3.05) is 0 Å². The van der Waals surface area contributed by atoms with Crippen molar-refractivity contribution < 1.29 is 0 Å². The molecule has 56 heavy (non-hydrogen) atoms. The molecule has 0 bridgehead atoms. The van der Waals surface area contributed by atoms with Gasteiger partial charge in [-0.3, -0.25) is 4.98 Å². The van der Waals surface area contributed by atoms with Gasteiger partial charge in [-0.15, -0.1) is 0 Å². The molecule has 0 saturated carbocycles. The van der Waals surface area contributed by atoms with Crippen molar-refractivity contribution in [1.29, 1.82) is 0 Å². The predicted molar refractivity (Wildman–Crippen MR) is 230 cm³/mol. The number of nitrogens with zero attached hydrogens (tertiary/aromatic N) is 5. The maximum absolute atomic E-state index is 5.06. The molecule has 4 aromatic heterocycles. The van der Waals surface area contributed by atoms with Crippen molar-refractivity contribution in [3.8, 4) is 56.4 Å². The van der Waals surface area contributed by atoms with Crippen LogP contribution in [0.3, 0.4) is 0 Å². The van der Waals surface area contributed by atoms with Crippen LogP contribution in [0.25, 0.3) is 100 Å². The quantitative estimate of drug-likeness (QED) is 0.172. The highest BCUT2D eigenvalue weighted by atomic mass is 15.0. The lowest BCUT2D eigenvalue weighted by Crippen LogP contribution is -1.97. The summed E-state index contributed by atoms with van der Waals surface area (Å²) in [6, 6.07) is 68.2.